The van der Waals surface area contributed by atoms with E-state index in [2.05, 4.69) is 27.3 Å². The molecular formula is C17H18N4. The van der Waals surface area contributed by atoms with Gasteiger partial charge in [-0.2, -0.15) is 5.26 Å². The van der Waals surface area contributed by atoms with E-state index in [0.29, 0.717) is 5.56 Å². The quantitative estimate of drug-likeness (QED) is 0.933. The highest BCUT2D eigenvalue weighted by Crippen LogP contribution is 2.26. The van der Waals surface area contributed by atoms with Crippen molar-refractivity contribution in [3.8, 4) is 6.07 Å². The van der Waals surface area contributed by atoms with E-state index in [9.17, 15) is 0 Å². The zero-order chi connectivity index (χ0) is 14.5. The van der Waals surface area contributed by atoms with Gasteiger partial charge in [0.2, 0.25) is 0 Å². The first kappa shape index (κ1) is 13.4. The maximum atomic E-state index is 8.81. The molecule has 1 N–H and O–H groups in total. The van der Waals surface area contributed by atoms with Gasteiger partial charge in [0.25, 0.3) is 0 Å². The van der Waals surface area contributed by atoms with Gasteiger partial charge in [0.05, 0.1) is 17.3 Å². The van der Waals surface area contributed by atoms with Crippen molar-refractivity contribution in [1.29, 1.82) is 5.26 Å². The van der Waals surface area contributed by atoms with Gasteiger partial charge in [-0.25, -0.2) is 4.98 Å². The molecule has 0 bridgehead atoms. The smallest absolute Gasteiger partial charge is 0.151 e. The van der Waals surface area contributed by atoms with Crippen LogP contribution in [0.1, 0.15) is 24.0 Å². The van der Waals surface area contributed by atoms with Crippen LogP contribution in [-0.2, 0) is 6.54 Å². The maximum Gasteiger partial charge on any atom is 0.151 e. The van der Waals surface area contributed by atoms with Gasteiger partial charge in [-0.05, 0) is 42.7 Å². The third kappa shape index (κ3) is 3.14. The fourth-order valence-corrected chi connectivity index (χ4v) is 2.61. The summed E-state index contributed by atoms with van der Waals surface area (Å²) in [7, 11) is 0. The molecule has 21 heavy (non-hydrogen) atoms. The molecule has 0 atom stereocenters. The third-order valence-electron chi connectivity index (χ3n) is 3.76. The molecule has 1 aromatic heterocycles. The maximum absolute atomic E-state index is 8.81. The van der Waals surface area contributed by atoms with Crippen molar-refractivity contribution in [2.75, 3.05) is 23.3 Å². The Kier molecular flexibility index (Phi) is 4.02. The number of hydrogen-bond donors (Lipinski definition) is 1. The molecule has 3 rings (SSSR count). The van der Waals surface area contributed by atoms with Crippen LogP contribution >= 0.6 is 0 Å². The first-order valence-corrected chi connectivity index (χ1v) is 7.30. The van der Waals surface area contributed by atoms with Gasteiger partial charge in [0.15, 0.2) is 5.82 Å². The van der Waals surface area contributed by atoms with Crippen LogP contribution < -0.4 is 10.2 Å². The minimum atomic E-state index is 0.692. The number of nitriles is 1. The number of rotatable bonds is 4. The van der Waals surface area contributed by atoms with Crippen molar-refractivity contribution in [3.05, 3.63) is 53.7 Å². The van der Waals surface area contributed by atoms with Crippen molar-refractivity contribution < 1.29 is 0 Å². The summed E-state index contributed by atoms with van der Waals surface area (Å²) in [6.45, 7) is 2.91. The molecule has 0 aliphatic carbocycles. The van der Waals surface area contributed by atoms with Crippen LogP contribution in [0.25, 0.3) is 0 Å². The number of aromatic nitrogens is 1. The molecule has 1 saturated heterocycles. The van der Waals surface area contributed by atoms with Crippen LogP contribution in [0, 0.1) is 11.3 Å². The highest BCUT2D eigenvalue weighted by Gasteiger charge is 2.16. The van der Waals surface area contributed by atoms with Crippen molar-refractivity contribution in [2.45, 2.75) is 19.4 Å². The first-order valence-electron chi connectivity index (χ1n) is 7.30. The summed E-state index contributed by atoms with van der Waals surface area (Å²) in [4.78, 5) is 6.86. The standard InChI is InChI=1S/C17H18N4/c18-12-14-5-7-15(8-6-14)13-20-16-4-3-9-19-17(16)21-10-1-2-11-21/h3-9,20H,1-2,10-11,13H2. The first-order chi connectivity index (χ1) is 10.4. The summed E-state index contributed by atoms with van der Waals surface area (Å²) in [6, 6.07) is 13.8. The Hall–Kier alpha value is -2.54. The largest absolute Gasteiger partial charge is 0.378 e. The second-order valence-corrected chi connectivity index (χ2v) is 5.23. The van der Waals surface area contributed by atoms with Crippen molar-refractivity contribution >= 4 is 11.5 Å². The Morgan fingerprint density at radius 3 is 2.62 bits per heavy atom. The molecule has 1 aliphatic rings. The number of benzene rings is 1. The fourth-order valence-electron chi connectivity index (χ4n) is 2.61. The molecule has 0 amide bonds. The Balaban J connectivity index is 1.71. The van der Waals surface area contributed by atoms with Crippen molar-refractivity contribution in [2.24, 2.45) is 0 Å². The van der Waals surface area contributed by atoms with Gasteiger partial charge < -0.3 is 10.2 Å². The monoisotopic (exact) mass is 278 g/mol. The number of anilines is 2. The summed E-state index contributed by atoms with van der Waals surface area (Å²) in [5.74, 6) is 1.05. The van der Waals surface area contributed by atoms with E-state index in [1.807, 2.05) is 36.5 Å². The highest BCUT2D eigenvalue weighted by molar-refractivity contribution is 5.65. The Bertz CT molecular complexity index is 637. The fraction of sp³-hybridized carbons (Fsp3) is 0.294. The average molecular weight is 278 g/mol. The Morgan fingerprint density at radius 2 is 1.90 bits per heavy atom. The van der Waals surface area contributed by atoms with E-state index >= 15 is 0 Å². The number of nitrogens with zero attached hydrogens (tertiary/aromatic N) is 3. The zero-order valence-electron chi connectivity index (χ0n) is 11.9. The molecule has 0 unspecified atom stereocenters. The number of nitrogens with one attached hydrogen (secondary N) is 1. The zero-order valence-corrected chi connectivity index (χ0v) is 11.9. The summed E-state index contributed by atoms with van der Waals surface area (Å²) in [6.07, 6.45) is 4.33. The number of hydrogen-bond acceptors (Lipinski definition) is 4. The molecule has 0 radical (unpaired) electrons. The normalized spacial score (nSPS) is 14.0. The van der Waals surface area contributed by atoms with Crippen molar-refractivity contribution in [3.63, 3.8) is 0 Å². The molecule has 1 aliphatic heterocycles. The molecular weight excluding hydrogens is 260 g/mol. The predicted octanol–water partition coefficient (Wildman–Crippen LogP) is 3.17. The van der Waals surface area contributed by atoms with E-state index in [1.54, 1.807) is 0 Å². The molecule has 0 saturated carbocycles. The summed E-state index contributed by atoms with van der Waals surface area (Å²) in [5.41, 5.74) is 2.92. The summed E-state index contributed by atoms with van der Waals surface area (Å²) in [5, 5.41) is 12.3. The van der Waals surface area contributed by atoms with Crippen LogP contribution in [0.15, 0.2) is 42.6 Å². The number of pyridine rings is 1. The topological polar surface area (TPSA) is 52.0 Å². The van der Waals surface area contributed by atoms with Gasteiger partial charge in [0.1, 0.15) is 0 Å². The highest BCUT2D eigenvalue weighted by atomic mass is 15.2. The van der Waals surface area contributed by atoms with Crippen molar-refractivity contribution in [1.82, 2.24) is 4.98 Å². The minimum absolute atomic E-state index is 0.692. The van der Waals surface area contributed by atoms with E-state index in [-0.39, 0.29) is 0 Å². The molecule has 2 heterocycles. The molecule has 4 nitrogen and oxygen atoms in total. The van der Waals surface area contributed by atoms with Crippen LogP contribution in [0.4, 0.5) is 11.5 Å². The Labute approximate surface area is 125 Å². The second-order valence-electron chi connectivity index (χ2n) is 5.23. The molecule has 2 aromatic rings. The molecule has 4 heteroatoms. The molecule has 106 valence electrons. The predicted molar refractivity (Wildman–Crippen MR) is 84.2 cm³/mol. The average Bonchev–Trinajstić information content (AvgIpc) is 3.08. The van der Waals surface area contributed by atoms with E-state index in [1.165, 1.54) is 12.8 Å². The van der Waals surface area contributed by atoms with Gasteiger partial charge >= 0.3 is 0 Å². The van der Waals surface area contributed by atoms with Crippen LogP contribution in [0.5, 0.6) is 0 Å². The summed E-state index contributed by atoms with van der Waals surface area (Å²) < 4.78 is 0. The third-order valence-corrected chi connectivity index (χ3v) is 3.76. The lowest BCUT2D eigenvalue weighted by molar-refractivity contribution is 0.935. The van der Waals surface area contributed by atoms with Crippen LogP contribution in [0.2, 0.25) is 0 Å². The lowest BCUT2D eigenvalue weighted by Gasteiger charge is -2.20. The van der Waals surface area contributed by atoms with Crippen LogP contribution in [-0.4, -0.2) is 18.1 Å². The van der Waals surface area contributed by atoms with E-state index in [0.717, 1.165) is 36.7 Å². The van der Waals surface area contributed by atoms with Gasteiger partial charge in [-0.1, -0.05) is 12.1 Å². The molecule has 0 spiro atoms. The Morgan fingerprint density at radius 1 is 1.14 bits per heavy atom. The summed E-state index contributed by atoms with van der Waals surface area (Å²) >= 11 is 0. The van der Waals surface area contributed by atoms with Gasteiger partial charge in [0, 0.05) is 25.8 Å². The van der Waals surface area contributed by atoms with Crippen LogP contribution in [0.3, 0.4) is 0 Å². The lowest BCUT2D eigenvalue weighted by Crippen LogP contribution is -2.20. The van der Waals surface area contributed by atoms with E-state index in [4.69, 9.17) is 5.26 Å². The molecule has 1 fully saturated rings. The van der Waals surface area contributed by atoms with Gasteiger partial charge in [-0.3, -0.25) is 0 Å². The molecule has 1 aromatic carbocycles. The lowest BCUT2D eigenvalue weighted by atomic mass is 10.1. The SMILES string of the molecule is N#Cc1ccc(CNc2cccnc2N2CCCC2)cc1. The van der Waals surface area contributed by atoms with E-state index < -0.39 is 0 Å². The minimum Gasteiger partial charge on any atom is -0.378 e. The second kappa shape index (κ2) is 6.27. The van der Waals surface area contributed by atoms with Gasteiger partial charge in [-0.15, -0.1) is 0 Å².